The Kier molecular flexibility index (Phi) is 10.7. The molecule has 254 valence electrons. The predicted molar refractivity (Wildman–Crippen MR) is 175 cm³/mol. The molecule has 2 fully saturated rings. The molecule has 10 nitrogen and oxygen atoms in total. The van der Waals surface area contributed by atoms with Crippen LogP contribution in [0.15, 0.2) is 60.9 Å². The Hall–Kier alpha value is -3.40. The minimum absolute atomic E-state index is 0.0955. The summed E-state index contributed by atoms with van der Waals surface area (Å²) in [5.41, 5.74) is 0.346. The van der Waals surface area contributed by atoms with Gasteiger partial charge in [-0.3, -0.25) is 18.9 Å². The molecule has 1 aromatic heterocycles. The minimum Gasteiger partial charge on any atom is -0.465 e. The van der Waals surface area contributed by atoms with Gasteiger partial charge in [0, 0.05) is 72.2 Å². The molecule has 3 heterocycles. The van der Waals surface area contributed by atoms with Crippen molar-refractivity contribution in [1.29, 1.82) is 0 Å². The maximum Gasteiger partial charge on any atom is 0.405 e. The van der Waals surface area contributed by atoms with Gasteiger partial charge < -0.3 is 21.1 Å². The molecule has 2 aliphatic heterocycles. The number of fused-ring (bicyclic) bond motifs is 2. The normalized spacial score (nSPS) is 22.7. The number of amides is 2. The van der Waals surface area contributed by atoms with Gasteiger partial charge in [-0.2, -0.15) is 0 Å². The molecule has 0 radical (unpaired) electrons. The summed E-state index contributed by atoms with van der Waals surface area (Å²) in [6.07, 6.45) is 2.69. The highest BCUT2D eigenvalue weighted by Gasteiger charge is 2.39. The first-order valence-corrected chi connectivity index (χ1v) is 17.2. The summed E-state index contributed by atoms with van der Waals surface area (Å²) in [4.78, 5) is 30.0. The Morgan fingerprint density at radius 1 is 1.17 bits per heavy atom. The SMILES string of the molecule is CC(F)(F)c1cncc([C@H](c2ccc(Cl)cc2)[C@H](NC(=O)O)C(=O)Nc2cccc(F)c2CCC2CNC3CCCS(O)(O)N2C3)c1. The molecule has 5 rings (SSSR count). The van der Waals surface area contributed by atoms with Crippen LogP contribution in [0, 0.1) is 5.82 Å². The van der Waals surface area contributed by atoms with E-state index in [-0.39, 0.29) is 41.1 Å². The lowest BCUT2D eigenvalue weighted by atomic mass is 9.84. The van der Waals surface area contributed by atoms with Crippen LogP contribution in [-0.4, -0.2) is 72.5 Å². The highest BCUT2D eigenvalue weighted by atomic mass is 35.5. The summed E-state index contributed by atoms with van der Waals surface area (Å²) < 4.78 is 67.3. The number of carbonyl (C=O) groups is 2. The molecule has 3 aromatic rings. The molecule has 2 amide bonds. The lowest BCUT2D eigenvalue weighted by Gasteiger charge is -2.49. The summed E-state index contributed by atoms with van der Waals surface area (Å²) in [6.45, 7) is 1.64. The second kappa shape index (κ2) is 14.4. The van der Waals surface area contributed by atoms with Gasteiger partial charge in [-0.15, -0.1) is 10.8 Å². The van der Waals surface area contributed by atoms with Crippen LogP contribution in [0.5, 0.6) is 0 Å². The van der Waals surface area contributed by atoms with Gasteiger partial charge >= 0.3 is 6.09 Å². The van der Waals surface area contributed by atoms with E-state index in [2.05, 4.69) is 20.9 Å². The number of alkyl halides is 2. The fraction of sp³-hybridized carbons (Fsp3) is 0.406. The molecular weight excluding hydrogens is 659 g/mol. The van der Waals surface area contributed by atoms with Crippen LogP contribution in [0.3, 0.4) is 0 Å². The van der Waals surface area contributed by atoms with Crippen LogP contribution < -0.4 is 16.0 Å². The number of piperazine rings is 1. The standard InChI is InChI=1S/C32H37ClF3N5O5S/c1-32(35,36)21-14-20(15-37-16-21)28(19-7-9-22(33)10-8-19)29(40-31(43)44)30(42)39-27-6-2-5-26(34)25(27)12-11-24-17-38-23-4-3-13-47(45,46)41(24)18-23/h2,5-10,14-16,23-24,28-29,38,40,45-46H,3-4,11-13,17-18H2,1H3,(H,39,42)(H,43,44)/t23?,24?,28-,29-/m0/s1. The van der Waals surface area contributed by atoms with Gasteiger partial charge in [0.15, 0.2) is 0 Å². The van der Waals surface area contributed by atoms with Gasteiger partial charge in [0.05, 0.1) is 5.75 Å². The van der Waals surface area contributed by atoms with Crippen molar-refractivity contribution in [2.75, 3.05) is 24.2 Å². The quantitative estimate of drug-likeness (QED) is 0.142. The van der Waals surface area contributed by atoms with Crippen LogP contribution in [-0.2, 0) is 17.1 Å². The number of halogens is 4. The van der Waals surface area contributed by atoms with Crippen LogP contribution in [0.2, 0.25) is 5.02 Å². The topological polar surface area (TPSA) is 147 Å². The maximum atomic E-state index is 15.3. The lowest BCUT2D eigenvalue weighted by Crippen LogP contribution is -2.55. The zero-order valence-electron chi connectivity index (χ0n) is 25.5. The van der Waals surface area contributed by atoms with Crippen molar-refractivity contribution in [2.24, 2.45) is 0 Å². The number of rotatable bonds is 10. The third kappa shape index (κ3) is 8.37. The Bertz CT molecular complexity index is 1600. The average Bonchev–Trinajstić information content (AvgIpc) is 3.12. The summed E-state index contributed by atoms with van der Waals surface area (Å²) in [7, 11) is -2.98. The Labute approximate surface area is 277 Å². The van der Waals surface area contributed by atoms with E-state index < -0.39 is 52.0 Å². The molecule has 15 heteroatoms. The van der Waals surface area contributed by atoms with E-state index in [0.717, 1.165) is 12.6 Å². The fourth-order valence-corrected chi connectivity index (χ4v) is 8.26. The molecule has 47 heavy (non-hydrogen) atoms. The van der Waals surface area contributed by atoms with Gasteiger partial charge in [-0.1, -0.05) is 29.8 Å². The molecule has 2 bridgehead atoms. The van der Waals surface area contributed by atoms with Crippen molar-refractivity contribution in [1.82, 2.24) is 19.9 Å². The molecule has 5 atom stereocenters. The monoisotopic (exact) mass is 695 g/mol. The second-order valence-corrected chi connectivity index (χ2v) is 14.6. The van der Waals surface area contributed by atoms with Crippen molar-refractivity contribution in [2.45, 2.75) is 62.6 Å². The fourth-order valence-electron chi connectivity index (χ4n) is 6.27. The van der Waals surface area contributed by atoms with Crippen LogP contribution >= 0.6 is 22.4 Å². The van der Waals surface area contributed by atoms with E-state index in [1.165, 1.54) is 42.6 Å². The van der Waals surface area contributed by atoms with Crippen LogP contribution in [0.25, 0.3) is 0 Å². The number of nitrogens with one attached hydrogen (secondary N) is 3. The van der Waals surface area contributed by atoms with Gasteiger partial charge in [-0.05, 0) is 67.1 Å². The van der Waals surface area contributed by atoms with Crippen LogP contribution in [0.1, 0.15) is 54.4 Å². The van der Waals surface area contributed by atoms with Gasteiger partial charge in [0.1, 0.15) is 11.9 Å². The second-order valence-electron chi connectivity index (χ2n) is 12.0. The number of carbonyl (C=O) groups excluding carboxylic acids is 1. The molecular formula is C32H37ClF3N5O5S. The highest BCUT2D eigenvalue weighted by Crippen LogP contribution is 2.49. The third-order valence-corrected chi connectivity index (χ3v) is 10.9. The average molecular weight is 696 g/mol. The third-order valence-electron chi connectivity index (χ3n) is 8.65. The minimum atomic E-state index is -3.27. The van der Waals surface area contributed by atoms with Gasteiger partial charge in [-0.25, -0.2) is 22.3 Å². The highest BCUT2D eigenvalue weighted by molar-refractivity contribution is 8.22. The van der Waals surface area contributed by atoms with Crippen molar-refractivity contribution >= 4 is 40.1 Å². The molecule has 2 aromatic carbocycles. The van der Waals surface area contributed by atoms with Crippen LogP contribution in [0.4, 0.5) is 23.7 Å². The number of nitrogens with zero attached hydrogens (tertiary/aromatic N) is 2. The molecule has 2 aliphatic rings. The first-order chi connectivity index (χ1) is 22.2. The first-order valence-electron chi connectivity index (χ1n) is 15.2. The Morgan fingerprint density at radius 3 is 2.62 bits per heavy atom. The van der Waals surface area contributed by atoms with Crippen molar-refractivity contribution in [3.63, 3.8) is 0 Å². The zero-order valence-corrected chi connectivity index (χ0v) is 27.1. The molecule has 0 aliphatic carbocycles. The number of benzene rings is 2. The molecule has 6 N–H and O–H groups in total. The number of carboxylic acid groups (broad SMARTS) is 1. The summed E-state index contributed by atoms with van der Waals surface area (Å²) >= 11 is 6.08. The Morgan fingerprint density at radius 2 is 1.91 bits per heavy atom. The zero-order chi connectivity index (χ0) is 33.9. The Balaban J connectivity index is 1.45. The van der Waals surface area contributed by atoms with Crippen molar-refractivity contribution in [3.05, 3.63) is 94.0 Å². The summed E-state index contributed by atoms with van der Waals surface area (Å²) in [5, 5.41) is 18.5. The number of hydrogen-bond acceptors (Lipinski definition) is 7. The number of aromatic nitrogens is 1. The van der Waals surface area contributed by atoms with E-state index in [1.807, 2.05) is 0 Å². The number of anilines is 1. The maximum absolute atomic E-state index is 15.3. The van der Waals surface area contributed by atoms with E-state index in [4.69, 9.17) is 11.6 Å². The summed E-state index contributed by atoms with van der Waals surface area (Å²) in [5.74, 6) is -5.60. The largest absolute Gasteiger partial charge is 0.465 e. The lowest BCUT2D eigenvalue weighted by molar-refractivity contribution is -0.118. The van der Waals surface area contributed by atoms with E-state index in [0.29, 0.717) is 43.4 Å². The molecule has 0 spiro atoms. The smallest absolute Gasteiger partial charge is 0.405 e. The number of pyridine rings is 1. The summed E-state index contributed by atoms with van der Waals surface area (Å²) in [6, 6.07) is 9.71. The first kappa shape index (κ1) is 34.9. The van der Waals surface area contributed by atoms with Gasteiger partial charge in [0.2, 0.25) is 5.91 Å². The predicted octanol–water partition coefficient (Wildman–Crippen LogP) is 6.43. The van der Waals surface area contributed by atoms with E-state index >= 15 is 4.39 Å². The molecule has 3 unspecified atom stereocenters. The van der Waals surface area contributed by atoms with E-state index in [9.17, 15) is 32.6 Å². The molecule has 2 saturated heterocycles. The van der Waals surface area contributed by atoms with Crippen molar-refractivity contribution < 1.29 is 37.0 Å². The van der Waals surface area contributed by atoms with Gasteiger partial charge in [0.25, 0.3) is 5.92 Å². The molecule has 0 saturated carbocycles. The number of hydrogen-bond donors (Lipinski definition) is 6. The van der Waals surface area contributed by atoms with E-state index in [1.54, 1.807) is 16.4 Å². The van der Waals surface area contributed by atoms with Crippen molar-refractivity contribution in [3.8, 4) is 0 Å².